The zero-order chi connectivity index (χ0) is 16.8. The van der Waals surface area contributed by atoms with E-state index in [2.05, 4.69) is 29.6 Å². The van der Waals surface area contributed by atoms with Crippen molar-refractivity contribution in [2.45, 2.75) is 16.6 Å². The van der Waals surface area contributed by atoms with Crippen LogP contribution in [0.5, 0.6) is 0 Å². The van der Waals surface area contributed by atoms with E-state index in [0.29, 0.717) is 5.92 Å². The summed E-state index contributed by atoms with van der Waals surface area (Å²) in [6.07, 6.45) is 1.09. The third-order valence-electron chi connectivity index (χ3n) is 4.41. The van der Waals surface area contributed by atoms with E-state index in [1.807, 2.05) is 48.3 Å². The molecule has 0 saturated carbocycles. The van der Waals surface area contributed by atoms with Gasteiger partial charge in [-0.2, -0.15) is 0 Å². The molecule has 2 unspecified atom stereocenters. The molecule has 1 aliphatic heterocycles. The second-order valence-corrected chi connectivity index (χ2v) is 7.40. The van der Waals surface area contributed by atoms with E-state index in [1.165, 1.54) is 0 Å². The highest BCUT2D eigenvalue weighted by atomic mass is 32.2. The Labute approximate surface area is 148 Å². The average molecular weight is 340 g/mol. The molecule has 1 heterocycles. The third-order valence-corrected chi connectivity index (χ3v) is 5.67. The van der Waals surface area contributed by atoms with Gasteiger partial charge in [-0.1, -0.05) is 48.5 Å². The normalized spacial score (nSPS) is 18.5. The van der Waals surface area contributed by atoms with Crippen molar-refractivity contribution in [2.75, 3.05) is 26.7 Å². The molecule has 2 aromatic carbocycles. The first-order valence-corrected chi connectivity index (χ1v) is 9.36. The number of carbonyl (C=O) groups excluding carboxylic acids is 1. The van der Waals surface area contributed by atoms with E-state index in [4.69, 9.17) is 0 Å². The number of nitrogens with one attached hydrogen (secondary N) is 1. The molecule has 0 aromatic heterocycles. The van der Waals surface area contributed by atoms with Gasteiger partial charge in [-0.15, -0.1) is 11.8 Å². The summed E-state index contributed by atoms with van der Waals surface area (Å²) < 4.78 is 0. The summed E-state index contributed by atoms with van der Waals surface area (Å²) in [5.74, 6) is 0.797. The van der Waals surface area contributed by atoms with Crippen LogP contribution in [0.4, 0.5) is 0 Å². The van der Waals surface area contributed by atoms with Crippen LogP contribution in [0.15, 0.2) is 65.6 Å². The first-order chi connectivity index (χ1) is 11.8. The summed E-state index contributed by atoms with van der Waals surface area (Å²) >= 11 is 1.64. The zero-order valence-corrected chi connectivity index (χ0v) is 14.8. The van der Waals surface area contributed by atoms with Crippen LogP contribution in [0.3, 0.4) is 0 Å². The second kappa shape index (κ2) is 8.36. The van der Waals surface area contributed by atoms with Gasteiger partial charge in [0.25, 0.3) is 0 Å². The topological polar surface area (TPSA) is 32.3 Å². The number of amides is 1. The van der Waals surface area contributed by atoms with Crippen molar-refractivity contribution in [3.8, 4) is 0 Å². The molecular weight excluding hydrogens is 316 g/mol. The molecule has 0 spiro atoms. The Morgan fingerprint density at radius 1 is 1.17 bits per heavy atom. The fourth-order valence-corrected chi connectivity index (χ4v) is 4.31. The summed E-state index contributed by atoms with van der Waals surface area (Å²) in [4.78, 5) is 16.4. The first kappa shape index (κ1) is 17.1. The van der Waals surface area contributed by atoms with Gasteiger partial charge >= 0.3 is 0 Å². The Kier molecular flexibility index (Phi) is 5.94. The van der Waals surface area contributed by atoms with Crippen LogP contribution in [-0.4, -0.2) is 37.5 Å². The van der Waals surface area contributed by atoms with Gasteiger partial charge < -0.3 is 10.2 Å². The van der Waals surface area contributed by atoms with E-state index in [0.717, 1.165) is 36.5 Å². The number of likely N-dealkylation sites (tertiary alicyclic amines) is 1. The number of hydrogen-bond acceptors (Lipinski definition) is 3. The summed E-state index contributed by atoms with van der Waals surface area (Å²) in [5.41, 5.74) is 1.08. The van der Waals surface area contributed by atoms with Gasteiger partial charge in [0.05, 0.1) is 0 Å². The van der Waals surface area contributed by atoms with Gasteiger partial charge in [0, 0.05) is 18.0 Å². The molecule has 4 heteroatoms. The lowest BCUT2D eigenvalue weighted by atomic mass is 10.1. The minimum Gasteiger partial charge on any atom is -0.341 e. The predicted octanol–water partition coefficient (Wildman–Crippen LogP) is 3.59. The van der Waals surface area contributed by atoms with Gasteiger partial charge in [0.2, 0.25) is 5.91 Å². The molecule has 1 saturated heterocycles. The molecule has 0 radical (unpaired) electrons. The highest BCUT2D eigenvalue weighted by Crippen LogP contribution is 2.37. The molecule has 3 nitrogen and oxygen atoms in total. The lowest BCUT2D eigenvalue weighted by Crippen LogP contribution is -2.33. The molecule has 2 aromatic rings. The second-order valence-electron chi connectivity index (χ2n) is 6.22. The van der Waals surface area contributed by atoms with Gasteiger partial charge in [-0.3, -0.25) is 4.79 Å². The number of benzene rings is 2. The lowest BCUT2D eigenvalue weighted by Gasteiger charge is -2.24. The molecule has 1 N–H and O–H groups in total. The van der Waals surface area contributed by atoms with Crippen LogP contribution in [-0.2, 0) is 4.79 Å². The first-order valence-electron chi connectivity index (χ1n) is 8.48. The van der Waals surface area contributed by atoms with Crippen LogP contribution in [0.25, 0.3) is 0 Å². The van der Waals surface area contributed by atoms with Crippen molar-refractivity contribution >= 4 is 17.7 Å². The number of hydrogen-bond donors (Lipinski definition) is 1. The van der Waals surface area contributed by atoms with Gasteiger partial charge in [-0.05, 0) is 43.6 Å². The molecular formula is C20H24N2OS. The van der Waals surface area contributed by atoms with Crippen molar-refractivity contribution in [1.82, 2.24) is 10.2 Å². The predicted molar refractivity (Wildman–Crippen MR) is 100 cm³/mol. The summed E-state index contributed by atoms with van der Waals surface area (Å²) in [6, 6.07) is 20.3. The highest BCUT2D eigenvalue weighted by molar-refractivity contribution is 8.00. The smallest absolute Gasteiger partial charge is 0.240 e. The molecule has 1 amide bonds. The molecule has 24 heavy (non-hydrogen) atoms. The van der Waals surface area contributed by atoms with Crippen molar-refractivity contribution in [3.05, 3.63) is 66.2 Å². The van der Waals surface area contributed by atoms with Gasteiger partial charge in [0.1, 0.15) is 5.25 Å². The molecule has 1 aliphatic rings. The molecule has 0 aliphatic carbocycles. The standard InChI is InChI=1S/C20H24N2OS/c1-21-14-16-12-13-22(15-16)20(23)19(17-8-4-2-5-9-17)24-18-10-6-3-7-11-18/h2-11,16,19,21H,12-15H2,1H3. The van der Waals surface area contributed by atoms with Crippen LogP contribution in [0.2, 0.25) is 0 Å². The number of nitrogens with zero attached hydrogens (tertiary/aromatic N) is 1. The maximum absolute atomic E-state index is 13.2. The van der Waals surface area contributed by atoms with Crippen molar-refractivity contribution in [3.63, 3.8) is 0 Å². The van der Waals surface area contributed by atoms with Crippen LogP contribution in [0.1, 0.15) is 17.2 Å². The maximum atomic E-state index is 13.2. The van der Waals surface area contributed by atoms with Crippen LogP contribution >= 0.6 is 11.8 Å². The van der Waals surface area contributed by atoms with Gasteiger partial charge in [0.15, 0.2) is 0 Å². The SMILES string of the molecule is CNCC1CCN(C(=O)C(Sc2ccccc2)c2ccccc2)C1. The molecule has 126 valence electrons. The van der Waals surface area contributed by atoms with Crippen LogP contribution < -0.4 is 5.32 Å². The summed E-state index contributed by atoms with van der Waals surface area (Å²) in [6.45, 7) is 2.70. The molecule has 3 rings (SSSR count). The quantitative estimate of drug-likeness (QED) is 0.816. The number of carbonyl (C=O) groups is 1. The summed E-state index contributed by atoms with van der Waals surface area (Å²) in [5, 5.41) is 3.05. The minimum absolute atomic E-state index is 0.179. The molecule has 0 bridgehead atoms. The number of thioether (sulfide) groups is 1. The van der Waals surface area contributed by atoms with Crippen molar-refractivity contribution < 1.29 is 4.79 Å². The van der Waals surface area contributed by atoms with Crippen molar-refractivity contribution in [2.24, 2.45) is 5.92 Å². The lowest BCUT2D eigenvalue weighted by molar-refractivity contribution is -0.129. The Morgan fingerprint density at radius 2 is 1.83 bits per heavy atom. The largest absolute Gasteiger partial charge is 0.341 e. The van der Waals surface area contributed by atoms with Crippen molar-refractivity contribution in [1.29, 1.82) is 0 Å². The van der Waals surface area contributed by atoms with Gasteiger partial charge in [-0.25, -0.2) is 0 Å². The van der Waals surface area contributed by atoms with E-state index in [9.17, 15) is 4.79 Å². The molecule has 1 fully saturated rings. The third kappa shape index (κ3) is 4.19. The Morgan fingerprint density at radius 3 is 2.50 bits per heavy atom. The number of rotatable bonds is 6. The van der Waals surface area contributed by atoms with E-state index in [-0.39, 0.29) is 11.2 Å². The van der Waals surface area contributed by atoms with E-state index < -0.39 is 0 Å². The average Bonchev–Trinajstić information content (AvgIpc) is 3.10. The fraction of sp³-hybridized carbons (Fsp3) is 0.350. The maximum Gasteiger partial charge on any atom is 0.240 e. The fourth-order valence-electron chi connectivity index (χ4n) is 3.18. The Hall–Kier alpha value is -1.78. The van der Waals surface area contributed by atoms with Crippen LogP contribution in [0, 0.1) is 5.92 Å². The zero-order valence-electron chi connectivity index (χ0n) is 14.0. The Bertz CT molecular complexity index is 647. The molecule has 2 atom stereocenters. The Balaban J connectivity index is 1.78. The van der Waals surface area contributed by atoms with E-state index >= 15 is 0 Å². The summed E-state index contributed by atoms with van der Waals surface area (Å²) in [7, 11) is 1.97. The minimum atomic E-state index is -0.179. The highest BCUT2D eigenvalue weighted by Gasteiger charge is 2.32. The monoisotopic (exact) mass is 340 g/mol. The van der Waals surface area contributed by atoms with E-state index in [1.54, 1.807) is 11.8 Å².